The molecule has 0 radical (unpaired) electrons. The summed E-state index contributed by atoms with van der Waals surface area (Å²) in [5.41, 5.74) is 1.65. The second-order valence-electron chi connectivity index (χ2n) is 8.79. The Hall–Kier alpha value is -3.32. The summed E-state index contributed by atoms with van der Waals surface area (Å²) in [5, 5.41) is 5.18. The van der Waals surface area contributed by atoms with E-state index in [0.717, 1.165) is 47.4 Å². The van der Waals surface area contributed by atoms with Gasteiger partial charge in [-0.2, -0.15) is 0 Å². The van der Waals surface area contributed by atoms with Crippen LogP contribution in [0.15, 0.2) is 66.0 Å². The lowest BCUT2D eigenvalue weighted by molar-refractivity contribution is -0.141. The fraction of sp³-hybridized carbons (Fsp3) is 0.357. The molecule has 1 aromatic heterocycles. The lowest BCUT2D eigenvalue weighted by Crippen LogP contribution is -2.46. The molecule has 1 heterocycles. The Morgan fingerprint density at radius 3 is 2.40 bits per heavy atom. The van der Waals surface area contributed by atoms with Crippen LogP contribution in [-0.4, -0.2) is 37.0 Å². The standard InChI is InChI=1S/C28H32N2O4S/c1-33-23-14-12-20(13-15-23)19-30(26(31)18-25-11-6-16-35-25)27(21-7-5-10-24(17-21)34-2)28(32)29-22-8-3-4-9-22/h5-7,10-17,22,27H,3-4,8-9,18-19H2,1-2H3,(H,29,32)/t27-/m0/s1. The minimum Gasteiger partial charge on any atom is -0.497 e. The monoisotopic (exact) mass is 492 g/mol. The van der Waals surface area contributed by atoms with Gasteiger partial charge in [0.2, 0.25) is 11.8 Å². The molecule has 0 bridgehead atoms. The van der Waals surface area contributed by atoms with E-state index < -0.39 is 6.04 Å². The van der Waals surface area contributed by atoms with Crippen LogP contribution in [0.5, 0.6) is 11.5 Å². The van der Waals surface area contributed by atoms with Crippen molar-refractivity contribution in [3.05, 3.63) is 82.0 Å². The van der Waals surface area contributed by atoms with Gasteiger partial charge in [0.15, 0.2) is 0 Å². The lowest BCUT2D eigenvalue weighted by atomic mass is 10.0. The van der Waals surface area contributed by atoms with E-state index in [-0.39, 0.29) is 24.3 Å². The second-order valence-corrected chi connectivity index (χ2v) is 9.83. The van der Waals surface area contributed by atoms with Gasteiger partial charge < -0.3 is 19.7 Å². The first-order valence-corrected chi connectivity index (χ1v) is 12.8. The Morgan fingerprint density at radius 1 is 1.00 bits per heavy atom. The molecule has 1 fully saturated rings. The summed E-state index contributed by atoms with van der Waals surface area (Å²) in [5.74, 6) is 1.14. The quantitative estimate of drug-likeness (QED) is 0.426. The molecule has 1 N–H and O–H groups in total. The van der Waals surface area contributed by atoms with Gasteiger partial charge >= 0.3 is 0 Å². The molecule has 2 amide bonds. The molecule has 1 atom stereocenters. The van der Waals surface area contributed by atoms with Crippen LogP contribution in [0.2, 0.25) is 0 Å². The zero-order valence-electron chi connectivity index (χ0n) is 20.2. The molecule has 0 saturated heterocycles. The summed E-state index contributed by atoms with van der Waals surface area (Å²) >= 11 is 1.54. The first-order valence-electron chi connectivity index (χ1n) is 12.0. The van der Waals surface area contributed by atoms with Gasteiger partial charge in [-0.05, 0) is 59.7 Å². The van der Waals surface area contributed by atoms with Gasteiger partial charge in [-0.3, -0.25) is 9.59 Å². The van der Waals surface area contributed by atoms with Crippen molar-refractivity contribution in [3.8, 4) is 11.5 Å². The zero-order chi connectivity index (χ0) is 24.6. The molecule has 35 heavy (non-hydrogen) atoms. The lowest BCUT2D eigenvalue weighted by Gasteiger charge is -2.32. The van der Waals surface area contributed by atoms with Crippen molar-refractivity contribution in [1.82, 2.24) is 10.2 Å². The van der Waals surface area contributed by atoms with Gasteiger partial charge in [0.05, 0.1) is 20.6 Å². The van der Waals surface area contributed by atoms with Gasteiger partial charge in [0.1, 0.15) is 17.5 Å². The van der Waals surface area contributed by atoms with Crippen molar-refractivity contribution < 1.29 is 19.1 Å². The van der Waals surface area contributed by atoms with E-state index in [1.54, 1.807) is 30.5 Å². The third kappa shape index (κ3) is 6.42. The molecule has 7 heteroatoms. The number of carbonyl (C=O) groups excluding carboxylic acids is 2. The SMILES string of the molecule is COc1ccc(CN(C(=O)Cc2cccs2)[C@H](C(=O)NC2CCCC2)c2cccc(OC)c2)cc1. The van der Waals surface area contributed by atoms with Gasteiger partial charge in [0, 0.05) is 17.5 Å². The van der Waals surface area contributed by atoms with E-state index in [1.165, 1.54) is 0 Å². The Bertz CT molecular complexity index is 1110. The van der Waals surface area contributed by atoms with Crippen LogP contribution in [0.25, 0.3) is 0 Å². The van der Waals surface area contributed by atoms with Crippen molar-refractivity contribution in [1.29, 1.82) is 0 Å². The molecule has 1 aliphatic carbocycles. The van der Waals surface area contributed by atoms with Crippen molar-refractivity contribution in [2.45, 2.75) is 50.7 Å². The van der Waals surface area contributed by atoms with Gasteiger partial charge in [-0.15, -0.1) is 11.3 Å². The fourth-order valence-corrected chi connectivity index (χ4v) is 5.25. The molecule has 184 valence electrons. The highest BCUT2D eigenvalue weighted by atomic mass is 32.1. The van der Waals surface area contributed by atoms with E-state index in [4.69, 9.17) is 9.47 Å². The predicted molar refractivity (Wildman–Crippen MR) is 138 cm³/mol. The van der Waals surface area contributed by atoms with E-state index in [1.807, 2.05) is 66.0 Å². The number of ether oxygens (including phenoxy) is 2. The third-order valence-electron chi connectivity index (χ3n) is 6.41. The van der Waals surface area contributed by atoms with Gasteiger partial charge in [-0.1, -0.05) is 43.2 Å². The molecule has 0 aliphatic heterocycles. The zero-order valence-corrected chi connectivity index (χ0v) is 21.1. The number of carbonyl (C=O) groups is 2. The molecule has 4 rings (SSSR count). The molecule has 3 aromatic rings. The summed E-state index contributed by atoms with van der Waals surface area (Å²) in [4.78, 5) is 30.2. The van der Waals surface area contributed by atoms with Crippen molar-refractivity contribution in [2.24, 2.45) is 0 Å². The molecular formula is C28H32N2O4S. The van der Waals surface area contributed by atoms with E-state index >= 15 is 0 Å². The number of hydrogen-bond acceptors (Lipinski definition) is 5. The first-order chi connectivity index (χ1) is 17.1. The van der Waals surface area contributed by atoms with Crippen LogP contribution in [0, 0.1) is 0 Å². The number of nitrogens with zero attached hydrogens (tertiary/aromatic N) is 1. The summed E-state index contributed by atoms with van der Waals surface area (Å²) < 4.78 is 10.7. The van der Waals surface area contributed by atoms with E-state index in [0.29, 0.717) is 12.3 Å². The molecule has 1 saturated carbocycles. The highest BCUT2D eigenvalue weighted by Crippen LogP contribution is 2.29. The second kappa shape index (κ2) is 11.9. The molecule has 2 aromatic carbocycles. The minimum absolute atomic E-state index is 0.0994. The van der Waals surface area contributed by atoms with Crippen LogP contribution in [0.4, 0.5) is 0 Å². The summed E-state index contributed by atoms with van der Waals surface area (Å²) in [6.45, 7) is 0.300. The minimum atomic E-state index is -0.778. The topological polar surface area (TPSA) is 67.9 Å². The number of nitrogens with one attached hydrogen (secondary N) is 1. The number of hydrogen-bond donors (Lipinski definition) is 1. The van der Waals surface area contributed by atoms with Crippen LogP contribution < -0.4 is 14.8 Å². The number of benzene rings is 2. The fourth-order valence-electron chi connectivity index (χ4n) is 4.55. The van der Waals surface area contributed by atoms with Crippen LogP contribution in [0.3, 0.4) is 0 Å². The predicted octanol–water partition coefficient (Wildman–Crippen LogP) is 5.14. The molecule has 0 unspecified atom stereocenters. The molecular weight excluding hydrogens is 460 g/mol. The highest BCUT2D eigenvalue weighted by Gasteiger charge is 2.33. The molecule has 0 spiro atoms. The maximum atomic E-state index is 13.8. The van der Waals surface area contributed by atoms with Crippen molar-refractivity contribution in [2.75, 3.05) is 14.2 Å². The normalized spacial score (nSPS) is 14.3. The van der Waals surface area contributed by atoms with Crippen molar-refractivity contribution in [3.63, 3.8) is 0 Å². The number of thiophene rings is 1. The van der Waals surface area contributed by atoms with E-state index in [9.17, 15) is 9.59 Å². The number of amides is 2. The number of methoxy groups -OCH3 is 2. The van der Waals surface area contributed by atoms with Crippen LogP contribution in [-0.2, 0) is 22.6 Å². The molecule has 6 nitrogen and oxygen atoms in total. The largest absolute Gasteiger partial charge is 0.497 e. The summed E-state index contributed by atoms with van der Waals surface area (Å²) in [6, 6.07) is 18.3. The number of rotatable bonds is 10. The Balaban J connectivity index is 1.71. The smallest absolute Gasteiger partial charge is 0.247 e. The van der Waals surface area contributed by atoms with Crippen LogP contribution in [0.1, 0.15) is 47.7 Å². The first kappa shape index (κ1) is 24.8. The average Bonchev–Trinajstić information content (AvgIpc) is 3.59. The summed E-state index contributed by atoms with van der Waals surface area (Å²) in [7, 11) is 3.22. The highest BCUT2D eigenvalue weighted by molar-refractivity contribution is 7.10. The third-order valence-corrected chi connectivity index (χ3v) is 7.29. The van der Waals surface area contributed by atoms with Crippen LogP contribution >= 0.6 is 11.3 Å². The van der Waals surface area contributed by atoms with Crippen molar-refractivity contribution >= 4 is 23.2 Å². The Kier molecular flexibility index (Phi) is 8.42. The molecule has 1 aliphatic rings. The average molecular weight is 493 g/mol. The maximum absolute atomic E-state index is 13.8. The maximum Gasteiger partial charge on any atom is 0.247 e. The van der Waals surface area contributed by atoms with Gasteiger partial charge in [0.25, 0.3) is 0 Å². The van der Waals surface area contributed by atoms with Gasteiger partial charge in [-0.25, -0.2) is 0 Å². The summed E-state index contributed by atoms with van der Waals surface area (Å²) in [6.07, 6.45) is 4.41. The Labute approximate surface area is 210 Å². The van der Waals surface area contributed by atoms with E-state index in [2.05, 4.69) is 5.32 Å². The Morgan fingerprint density at radius 2 is 1.74 bits per heavy atom.